The lowest BCUT2D eigenvalue weighted by atomic mass is 9.99. The van der Waals surface area contributed by atoms with Crippen LogP contribution in [0, 0.1) is 21.4 Å². The highest BCUT2D eigenvalue weighted by Gasteiger charge is 2.28. The topological polar surface area (TPSA) is 191 Å². The number of halogens is 6. The van der Waals surface area contributed by atoms with Crippen LogP contribution in [0.4, 0.5) is 11.4 Å². The van der Waals surface area contributed by atoms with Gasteiger partial charge in [-0.2, -0.15) is 0 Å². The standard InChI is InChI=1S/C21H22I6N4O6/c22-12-8(14(24)18(28)16(26)10(12)20(36)30-2-6(34)4-32)1-9-13(23)11(17(27)19(29)15(9)25)21(37)31-3-7(35)5-33/h6-7,32-35H,1-5,28-29H2,(H,30,36)(H,31,37). The Morgan fingerprint density at radius 1 is 0.649 bits per heavy atom. The number of aliphatic hydroxyl groups excluding tert-OH is 4. The Bertz CT molecular complexity index is 1120. The number of rotatable bonds is 10. The summed E-state index contributed by atoms with van der Waals surface area (Å²) in [5, 5.41) is 42.6. The second-order valence-electron chi connectivity index (χ2n) is 7.69. The van der Waals surface area contributed by atoms with Crippen molar-refractivity contribution in [3.05, 3.63) is 43.7 Å². The van der Waals surface area contributed by atoms with Gasteiger partial charge in [-0.3, -0.25) is 9.59 Å². The second-order valence-corrected chi connectivity index (χ2v) is 14.2. The normalized spacial score (nSPS) is 12.8. The summed E-state index contributed by atoms with van der Waals surface area (Å²) in [6.07, 6.45) is -1.84. The van der Waals surface area contributed by atoms with E-state index in [0.29, 0.717) is 43.2 Å². The molecule has 2 aromatic rings. The van der Waals surface area contributed by atoms with Gasteiger partial charge in [-0.25, -0.2) is 0 Å². The Labute approximate surface area is 295 Å². The fraction of sp³-hybridized carbons (Fsp3) is 0.333. The highest BCUT2D eigenvalue weighted by atomic mass is 127. The van der Waals surface area contributed by atoms with E-state index in [1.165, 1.54) is 0 Å². The summed E-state index contributed by atoms with van der Waals surface area (Å²) in [4.78, 5) is 26.0. The molecule has 2 amide bonds. The van der Waals surface area contributed by atoms with Gasteiger partial charge in [-0.15, -0.1) is 0 Å². The number of hydrogen-bond acceptors (Lipinski definition) is 8. The van der Waals surface area contributed by atoms with Crippen LogP contribution in [0.15, 0.2) is 0 Å². The smallest absolute Gasteiger partial charge is 0.253 e. The third-order valence-electron chi connectivity index (χ3n) is 5.11. The molecule has 0 saturated heterocycles. The number of benzene rings is 2. The predicted molar refractivity (Wildman–Crippen MR) is 192 cm³/mol. The van der Waals surface area contributed by atoms with E-state index in [4.69, 9.17) is 21.7 Å². The second kappa shape index (κ2) is 15.4. The molecule has 10 N–H and O–H groups in total. The Balaban J connectivity index is 2.61. The molecule has 0 aliphatic rings. The van der Waals surface area contributed by atoms with Crippen molar-refractivity contribution < 1.29 is 30.0 Å². The minimum Gasteiger partial charge on any atom is -0.397 e. The van der Waals surface area contributed by atoms with Crippen molar-refractivity contribution >= 4 is 159 Å². The number of carbonyl (C=O) groups excluding carboxylic acids is 2. The zero-order chi connectivity index (χ0) is 28.2. The first-order valence-corrected chi connectivity index (χ1v) is 16.8. The molecule has 0 bridgehead atoms. The molecule has 204 valence electrons. The zero-order valence-corrected chi connectivity index (χ0v) is 31.7. The van der Waals surface area contributed by atoms with Crippen molar-refractivity contribution in [2.75, 3.05) is 37.8 Å². The summed E-state index contributed by atoms with van der Waals surface area (Å²) in [5.74, 6) is -0.862. The number of anilines is 2. The molecule has 0 aromatic heterocycles. The molecule has 0 saturated carbocycles. The van der Waals surface area contributed by atoms with Gasteiger partial charge in [-0.05, 0) is 147 Å². The summed E-state index contributed by atoms with van der Waals surface area (Å²) in [6.45, 7) is -1.19. The molecular formula is C21H22I6N4O6. The molecule has 0 fully saturated rings. The first kappa shape index (κ1) is 34.4. The Morgan fingerprint density at radius 3 is 1.27 bits per heavy atom. The van der Waals surface area contributed by atoms with Gasteiger partial charge in [0.1, 0.15) is 0 Å². The van der Waals surface area contributed by atoms with E-state index in [1.807, 2.05) is 45.2 Å². The van der Waals surface area contributed by atoms with Gasteiger partial charge in [0.25, 0.3) is 11.8 Å². The summed E-state index contributed by atoms with van der Waals surface area (Å²) in [5.41, 5.74) is 15.9. The molecule has 0 aliphatic heterocycles. The molecule has 0 radical (unpaired) electrons. The minimum absolute atomic E-state index is 0.115. The summed E-state index contributed by atoms with van der Waals surface area (Å²) < 4.78 is 3.99. The van der Waals surface area contributed by atoms with Crippen LogP contribution in [-0.2, 0) is 6.42 Å². The summed E-state index contributed by atoms with van der Waals surface area (Å²) in [6, 6.07) is 0. The third-order valence-corrected chi connectivity index (χ3v) is 12.2. The first-order chi connectivity index (χ1) is 17.3. The van der Waals surface area contributed by atoms with Gasteiger partial charge in [0.05, 0.1) is 55.1 Å². The van der Waals surface area contributed by atoms with Gasteiger partial charge in [0.2, 0.25) is 0 Å². The van der Waals surface area contributed by atoms with Gasteiger partial charge in [0.15, 0.2) is 0 Å². The SMILES string of the molecule is Nc1c(I)c(Cc2c(I)c(N)c(I)c(C(=O)NCC(O)CO)c2I)c(I)c(C(=O)NCC(O)CO)c1I. The number of nitrogens with two attached hydrogens (primary N) is 2. The van der Waals surface area contributed by atoms with Crippen LogP contribution in [0.5, 0.6) is 0 Å². The zero-order valence-electron chi connectivity index (χ0n) is 18.7. The highest BCUT2D eigenvalue weighted by molar-refractivity contribution is 14.1. The first-order valence-electron chi connectivity index (χ1n) is 10.3. The van der Waals surface area contributed by atoms with E-state index in [0.717, 1.165) is 18.3 Å². The van der Waals surface area contributed by atoms with Crippen LogP contribution in [0.1, 0.15) is 31.8 Å². The van der Waals surface area contributed by atoms with Crippen molar-refractivity contribution in [1.82, 2.24) is 10.6 Å². The van der Waals surface area contributed by atoms with Gasteiger partial charge < -0.3 is 42.5 Å². The maximum Gasteiger partial charge on any atom is 0.253 e. The number of aliphatic hydroxyl groups is 4. The monoisotopic (exact) mass is 1190 g/mol. The average molecular weight is 1190 g/mol. The molecule has 0 heterocycles. The molecule has 2 unspecified atom stereocenters. The predicted octanol–water partition coefficient (Wildman–Crippen LogP) is 2.24. The fourth-order valence-electron chi connectivity index (χ4n) is 3.09. The quantitative estimate of drug-likeness (QED) is 0.131. The molecule has 37 heavy (non-hydrogen) atoms. The lowest BCUT2D eigenvalue weighted by molar-refractivity contribution is 0.0798. The van der Waals surface area contributed by atoms with E-state index in [9.17, 15) is 19.8 Å². The van der Waals surface area contributed by atoms with E-state index in [-0.39, 0.29) is 13.1 Å². The van der Waals surface area contributed by atoms with Crippen molar-refractivity contribution in [3.8, 4) is 0 Å². The van der Waals surface area contributed by atoms with E-state index < -0.39 is 37.2 Å². The third kappa shape index (κ3) is 8.15. The Morgan fingerprint density at radius 2 is 0.973 bits per heavy atom. The number of amides is 2. The van der Waals surface area contributed by atoms with Crippen LogP contribution in [0.25, 0.3) is 0 Å². The van der Waals surface area contributed by atoms with Crippen molar-refractivity contribution in [3.63, 3.8) is 0 Å². The Hall–Kier alpha value is 1.20. The van der Waals surface area contributed by atoms with E-state index in [2.05, 4.69) is 101 Å². The number of carbonyl (C=O) groups is 2. The van der Waals surface area contributed by atoms with Crippen LogP contribution >= 0.6 is 136 Å². The maximum absolute atomic E-state index is 13.0. The van der Waals surface area contributed by atoms with E-state index >= 15 is 0 Å². The summed E-state index contributed by atoms with van der Waals surface area (Å²) >= 11 is 12.5. The fourth-order valence-corrected chi connectivity index (χ4v) is 11.2. The molecule has 2 aromatic carbocycles. The molecule has 0 aliphatic carbocycles. The molecule has 0 spiro atoms. The largest absolute Gasteiger partial charge is 0.397 e. The molecule has 10 nitrogen and oxygen atoms in total. The Kier molecular flexibility index (Phi) is 14.4. The number of hydrogen-bond donors (Lipinski definition) is 8. The van der Waals surface area contributed by atoms with Crippen molar-refractivity contribution in [1.29, 1.82) is 0 Å². The van der Waals surface area contributed by atoms with Gasteiger partial charge in [0, 0.05) is 33.8 Å². The molecule has 2 rings (SSSR count). The van der Waals surface area contributed by atoms with Crippen molar-refractivity contribution in [2.24, 2.45) is 0 Å². The lowest BCUT2D eigenvalue weighted by Crippen LogP contribution is -2.35. The molecule has 16 heteroatoms. The average Bonchev–Trinajstić information content (AvgIpc) is 2.87. The summed E-state index contributed by atoms with van der Waals surface area (Å²) in [7, 11) is 0. The maximum atomic E-state index is 13.0. The van der Waals surface area contributed by atoms with Crippen molar-refractivity contribution in [2.45, 2.75) is 18.6 Å². The lowest BCUT2D eigenvalue weighted by Gasteiger charge is -2.21. The minimum atomic E-state index is -1.08. The number of nitrogen functional groups attached to an aromatic ring is 2. The van der Waals surface area contributed by atoms with Crippen LogP contribution in [0.3, 0.4) is 0 Å². The van der Waals surface area contributed by atoms with Gasteiger partial charge >= 0.3 is 0 Å². The molecular weight excluding hydrogens is 1170 g/mol. The van der Waals surface area contributed by atoms with E-state index in [1.54, 1.807) is 0 Å². The van der Waals surface area contributed by atoms with Crippen LogP contribution in [0.2, 0.25) is 0 Å². The van der Waals surface area contributed by atoms with Crippen LogP contribution < -0.4 is 22.1 Å². The molecule has 2 atom stereocenters. The highest BCUT2D eigenvalue weighted by Crippen LogP contribution is 2.39. The number of nitrogens with one attached hydrogen (secondary N) is 2. The van der Waals surface area contributed by atoms with Gasteiger partial charge in [-0.1, -0.05) is 0 Å². The van der Waals surface area contributed by atoms with Crippen LogP contribution in [-0.4, -0.2) is 70.8 Å².